The molecule has 17 heavy (non-hydrogen) atoms. The topological polar surface area (TPSA) is 37.4 Å². The molecule has 3 heteroatoms. The van der Waals surface area contributed by atoms with Gasteiger partial charge in [-0.1, -0.05) is 26.0 Å². The number of amides is 2. The fraction of sp³-hybridized carbons (Fsp3) is 0.714. The van der Waals surface area contributed by atoms with Crippen molar-refractivity contribution in [2.24, 2.45) is 23.2 Å². The highest BCUT2D eigenvalue weighted by atomic mass is 16.2. The molecule has 2 bridgehead atoms. The maximum Gasteiger partial charge on any atom is 0.236 e. The number of likely N-dealkylation sites (tertiary alicyclic amines) is 1. The van der Waals surface area contributed by atoms with Crippen LogP contribution in [0.25, 0.3) is 0 Å². The molecular weight excluding hydrogens is 214 g/mol. The van der Waals surface area contributed by atoms with Crippen molar-refractivity contribution >= 4 is 11.8 Å². The van der Waals surface area contributed by atoms with Crippen molar-refractivity contribution in [2.75, 3.05) is 6.54 Å². The summed E-state index contributed by atoms with van der Waals surface area (Å²) in [5.74, 6) is 1.36. The van der Waals surface area contributed by atoms with E-state index in [0.717, 1.165) is 12.8 Å². The lowest BCUT2D eigenvalue weighted by atomic mass is 9.74. The van der Waals surface area contributed by atoms with Crippen LogP contribution in [0.1, 0.15) is 33.1 Å². The Kier molecular flexibility index (Phi) is 2.22. The summed E-state index contributed by atoms with van der Waals surface area (Å²) in [4.78, 5) is 26.1. The summed E-state index contributed by atoms with van der Waals surface area (Å²) < 4.78 is 0. The first-order chi connectivity index (χ1) is 8.03. The molecule has 0 aromatic rings. The van der Waals surface area contributed by atoms with Crippen LogP contribution in [0.15, 0.2) is 12.2 Å². The Morgan fingerprint density at radius 3 is 2.71 bits per heavy atom. The number of rotatable bonds is 2. The fourth-order valence-corrected chi connectivity index (χ4v) is 3.78. The van der Waals surface area contributed by atoms with Gasteiger partial charge in [0.05, 0.1) is 5.41 Å². The number of allylic oxidation sites excluding steroid dienone is 2. The molecule has 3 nitrogen and oxygen atoms in total. The van der Waals surface area contributed by atoms with Gasteiger partial charge in [-0.25, -0.2) is 0 Å². The molecule has 3 unspecified atom stereocenters. The Morgan fingerprint density at radius 1 is 1.41 bits per heavy atom. The zero-order valence-electron chi connectivity index (χ0n) is 10.5. The third kappa shape index (κ3) is 1.41. The maximum absolute atomic E-state index is 12.5. The van der Waals surface area contributed by atoms with Gasteiger partial charge in [-0.05, 0) is 30.6 Å². The largest absolute Gasteiger partial charge is 0.282 e. The highest BCUT2D eigenvalue weighted by Crippen LogP contribution is 2.57. The minimum absolute atomic E-state index is 0.0460. The minimum atomic E-state index is -0.356. The molecule has 0 aromatic carbocycles. The van der Waals surface area contributed by atoms with Crippen LogP contribution in [0.3, 0.4) is 0 Å². The van der Waals surface area contributed by atoms with Crippen molar-refractivity contribution in [3.05, 3.63) is 12.2 Å². The van der Waals surface area contributed by atoms with Gasteiger partial charge in [-0.3, -0.25) is 14.5 Å². The molecular formula is C14H19NO2. The lowest BCUT2D eigenvalue weighted by molar-refractivity contribution is -0.142. The van der Waals surface area contributed by atoms with E-state index in [1.54, 1.807) is 0 Å². The Bertz CT molecular complexity index is 412. The molecule has 2 fully saturated rings. The molecule has 0 N–H and O–H groups in total. The van der Waals surface area contributed by atoms with Gasteiger partial charge >= 0.3 is 0 Å². The van der Waals surface area contributed by atoms with Gasteiger partial charge in [0.25, 0.3) is 0 Å². The van der Waals surface area contributed by atoms with Crippen LogP contribution in [0.4, 0.5) is 0 Å². The van der Waals surface area contributed by atoms with Gasteiger partial charge < -0.3 is 0 Å². The first kappa shape index (κ1) is 11.0. The second kappa shape index (κ2) is 3.44. The monoisotopic (exact) mass is 233 g/mol. The van der Waals surface area contributed by atoms with Crippen molar-refractivity contribution in [3.63, 3.8) is 0 Å². The number of carbonyl (C=O) groups is 2. The second-order valence-corrected chi connectivity index (χ2v) is 6.23. The van der Waals surface area contributed by atoms with E-state index < -0.39 is 0 Å². The number of carbonyl (C=O) groups excluding carboxylic acids is 2. The van der Waals surface area contributed by atoms with E-state index >= 15 is 0 Å². The van der Waals surface area contributed by atoms with Crippen molar-refractivity contribution in [1.82, 2.24) is 4.90 Å². The van der Waals surface area contributed by atoms with Crippen molar-refractivity contribution < 1.29 is 9.59 Å². The zero-order valence-corrected chi connectivity index (χ0v) is 10.5. The standard InChI is InChI=1S/C14H19NO2/c1-9(2)8-15-12(16)7-14(13(15)17)6-10-3-4-11(14)5-10/h3-4,9-11H,5-8H2,1-2H3. The van der Waals surface area contributed by atoms with Crippen LogP contribution in [-0.4, -0.2) is 23.3 Å². The van der Waals surface area contributed by atoms with E-state index in [1.165, 1.54) is 4.90 Å². The third-order valence-corrected chi connectivity index (χ3v) is 4.50. The lowest BCUT2D eigenvalue weighted by Gasteiger charge is -2.28. The molecule has 3 atom stereocenters. The summed E-state index contributed by atoms with van der Waals surface area (Å²) in [5, 5.41) is 0. The smallest absolute Gasteiger partial charge is 0.236 e. The average Bonchev–Trinajstić information content (AvgIpc) is 2.89. The molecule has 0 aromatic heterocycles. The van der Waals surface area contributed by atoms with Crippen molar-refractivity contribution in [3.8, 4) is 0 Å². The molecule has 1 spiro atoms. The van der Waals surface area contributed by atoms with E-state index in [1.807, 2.05) is 13.8 Å². The van der Waals surface area contributed by atoms with Gasteiger partial charge in [-0.15, -0.1) is 0 Å². The predicted molar refractivity (Wildman–Crippen MR) is 64.0 cm³/mol. The summed E-state index contributed by atoms with van der Waals surface area (Å²) in [5.41, 5.74) is -0.356. The number of fused-ring (bicyclic) bond motifs is 3. The predicted octanol–water partition coefficient (Wildman–Crippen LogP) is 1.98. The highest BCUT2D eigenvalue weighted by Gasteiger charge is 2.60. The maximum atomic E-state index is 12.5. The molecule has 1 aliphatic heterocycles. The van der Waals surface area contributed by atoms with E-state index in [2.05, 4.69) is 12.2 Å². The molecule has 0 radical (unpaired) electrons. The summed E-state index contributed by atoms with van der Waals surface area (Å²) in [6.07, 6.45) is 6.81. The van der Waals surface area contributed by atoms with Crippen LogP contribution < -0.4 is 0 Å². The van der Waals surface area contributed by atoms with Crippen molar-refractivity contribution in [2.45, 2.75) is 33.1 Å². The van der Waals surface area contributed by atoms with Gasteiger partial charge in [0.2, 0.25) is 11.8 Å². The number of imide groups is 1. The fourth-order valence-electron chi connectivity index (χ4n) is 3.78. The average molecular weight is 233 g/mol. The van der Waals surface area contributed by atoms with Crippen LogP contribution in [0, 0.1) is 23.2 Å². The number of nitrogens with zero attached hydrogens (tertiary/aromatic N) is 1. The molecule has 1 heterocycles. The van der Waals surface area contributed by atoms with Crippen LogP contribution in [-0.2, 0) is 9.59 Å². The number of hydrogen-bond donors (Lipinski definition) is 0. The van der Waals surface area contributed by atoms with Crippen LogP contribution >= 0.6 is 0 Å². The van der Waals surface area contributed by atoms with Crippen LogP contribution in [0.2, 0.25) is 0 Å². The lowest BCUT2D eigenvalue weighted by Crippen LogP contribution is -2.39. The first-order valence-electron chi connectivity index (χ1n) is 6.56. The molecule has 1 saturated carbocycles. The van der Waals surface area contributed by atoms with E-state index in [0.29, 0.717) is 30.7 Å². The summed E-state index contributed by atoms with van der Waals surface area (Å²) in [6.45, 7) is 4.68. The molecule has 2 amide bonds. The van der Waals surface area contributed by atoms with Gasteiger partial charge in [0.15, 0.2) is 0 Å². The molecule has 3 rings (SSSR count). The van der Waals surface area contributed by atoms with E-state index in [-0.39, 0.29) is 17.2 Å². The highest BCUT2D eigenvalue weighted by molar-refractivity contribution is 6.06. The normalized spacial score (nSPS) is 39.4. The quantitative estimate of drug-likeness (QED) is 0.540. The number of hydrogen-bond acceptors (Lipinski definition) is 2. The Morgan fingerprint density at radius 2 is 2.18 bits per heavy atom. The molecule has 3 aliphatic rings. The zero-order chi connectivity index (χ0) is 12.2. The Balaban J connectivity index is 1.88. The Hall–Kier alpha value is -1.12. The molecule has 1 saturated heterocycles. The Labute approximate surface area is 102 Å². The van der Waals surface area contributed by atoms with Gasteiger partial charge in [0.1, 0.15) is 0 Å². The summed E-state index contributed by atoms with van der Waals surface area (Å²) >= 11 is 0. The first-order valence-corrected chi connectivity index (χ1v) is 6.56. The van der Waals surface area contributed by atoms with Crippen LogP contribution in [0.5, 0.6) is 0 Å². The van der Waals surface area contributed by atoms with Gasteiger partial charge in [0, 0.05) is 13.0 Å². The van der Waals surface area contributed by atoms with Gasteiger partial charge in [-0.2, -0.15) is 0 Å². The van der Waals surface area contributed by atoms with E-state index in [9.17, 15) is 9.59 Å². The summed E-state index contributed by atoms with van der Waals surface area (Å²) in [7, 11) is 0. The SMILES string of the molecule is CC(C)CN1C(=O)CC2(CC3C=CC2C3)C1=O. The van der Waals surface area contributed by atoms with Crippen molar-refractivity contribution in [1.29, 1.82) is 0 Å². The molecule has 92 valence electrons. The molecule has 2 aliphatic carbocycles. The minimum Gasteiger partial charge on any atom is -0.282 e. The third-order valence-electron chi connectivity index (χ3n) is 4.50. The summed E-state index contributed by atoms with van der Waals surface area (Å²) in [6, 6.07) is 0. The van der Waals surface area contributed by atoms with E-state index in [4.69, 9.17) is 0 Å². The second-order valence-electron chi connectivity index (χ2n) is 6.23.